The second-order valence-electron chi connectivity index (χ2n) is 7.23. The average molecular weight is 375 g/mol. The molecular formula is C21H42O5. The second kappa shape index (κ2) is 17.7. The van der Waals surface area contributed by atoms with Gasteiger partial charge >= 0.3 is 5.97 Å². The monoisotopic (exact) mass is 374 g/mol. The van der Waals surface area contributed by atoms with Crippen molar-refractivity contribution in [1.29, 1.82) is 0 Å². The number of carbonyl (C=O) groups is 1. The van der Waals surface area contributed by atoms with Gasteiger partial charge in [-0.1, -0.05) is 45.4 Å². The molecule has 0 spiro atoms. The largest absolute Gasteiger partial charge is 0.481 e. The summed E-state index contributed by atoms with van der Waals surface area (Å²) in [6.45, 7) is 2.18. The van der Waals surface area contributed by atoms with Gasteiger partial charge < -0.3 is 19.3 Å². The number of hydrogen-bond donors (Lipinski definition) is 1. The second-order valence-corrected chi connectivity index (χ2v) is 7.23. The van der Waals surface area contributed by atoms with Crippen LogP contribution in [0.4, 0.5) is 0 Å². The summed E-state index contributed by atoms with van der Waals surface area (Å²) >= 11 is 0. The van der Waals surface area contributed by atoms with Crippen LogP contribution in [0.5, 0.6) is 0 Å². The molecule has 5 heteroatoms. The summed E-state index contributed by atoms with van der Waals surface area (Å²) in [6, 6.07) is 0. The Hall–Kier alpha value is -0.650. The van der Waals surface area contributed by atoms with Crippen molar-refractivity contribution in [2.45, 2.75) is 109 Å². The number of aliphatic carboxylic acids is 1. The number of methoxy groups -OCH3 is 3. The van der Waals surface area contributed by atoms with Crippen molar-refractivity contribution in [2.24, 2.45) is 0 Å². The first-order valence-electron chi connectivity index (χ1n) is 10.4. The number of hydrogen-bond acceptors (Lipinski definition) is 4. The molecule has 0 saturated heterocycles. The lowest BCUT2D eigenvalue weighted by Crippen LogP contribution is -2.23. The molecule has 0 aromatic carbocycles. The van der Waals surface area contributed by atoms with Gasteiger partial charge in [0.1, 0.15) is 0 Å². The summed E-state index contributed by atoms with van der Waals surface area (Å²) in [5.74, 6) is -0.686. The molecule has 0 rings (SSSR count). The molecule has 0 fully saturated rings. The topological polar surface area (TPSA) is 65.0 Å². The Bertz CT molecular complexity index is 322. The number of unbranched alkanes of at least 4 members (excludes halogenated alkanes) is 5. The van der Waals surface area contributed by atoms with E-state index in [1.54, 1.807) is 21.3 Å². The summed E-state index contributed by atoms with van der Waals surface area (Å²) < 4.78 is 16.8. The normalized spacial score (nSPS) is 14.9. The van der Waals surface area contributed by atoms with E-state index in [1.165, 1.54) is 19.3 Å². The Morgan fingerprint density at radius 1 is 0.731 bits per heavy atom. The Kier molecular flexibility index (Phi) is 17.3. The lowest BCUT2D eigenvalue weighted by atomic mass is 9.99. The zero-order chi connectivity index (χ0) is 19.6. The van der Waals surface area contributed by atoms with E-state index >= 15 is 0 Å². The van der Waals surface area contributed by atoms with Crippen LogP contribution in [0.1, 0.15) is 90.4 Å². The van der Waals surface area contributed by atoms with E-state index in [-0.39, 0.29) is 12.2 Å². The van der Waals surface area contributed by atoms with Crippen molar-refractivity contribution >= 4 is 5.97 Å². The SMILES string of the molecule is CCCC(CC(CCC(CCCCCCCCC(=O)O)OC)OC)OC. The van der Waals surface area contributed by atoms with E-state index in [9.17, 15) is 4.79 Å². The van der Waals surface area contributed by atoms with E-state index in [2.05, 4.69) is 6.92 Å². The van der Waals surface area contributed by atoms with Crippen molar-refractivity contribution in [3.05, 3.63) is 0 Å². The molecule has 0 aliphatic rings. The van der Waals surface area contributed by atoms with E-state index < -0.39 is 5.97 Å². The maximum atomic E-state index is 10.5. The van der Waals surface area contributed by atoms with Crippen molar-refractivity contribution in [2.75, 3.05) is 21.3 Å². The molecule has 1 N–H and O–H groups in total. The van der Waals surface area contributed by atoms with Gasteiger partial charge in [-0.15, -0.1) is 0 Å². The summed E-state index contributed by atoms with van der Waals surface area (Å²) in [4.78, 5) is 10.5. The number of carboxylic acids is 1. The third kappa shape index (κ3) is 14.5. The minimum atomic E-state index is -0.686. The van der Waals surface area contributed by atoms with Crippen LogP contribution in [0.3, 0.4) is 0 Å². The van der Waals surface area contributed by atoms with Crippen LogP contribution < -0.4 is 0 Å². The first-order chi connectivity index (χ1) is 12.6. The van der Waals surface area contributed by atoms with Gasteiger partial charge in [0.15, 0.2) is 0 Å². The molecule has 3 atom stereocenters. The minimum Gasteiger partial charge on any atom is -0.481 e. The van der Waals surface area contributed by atoms with Crippen LogP contribution in [-0.4, -0.2) is 50.7 Å². The molecule has 0 amide bonds. The van der Waals surface area contributed by atoms with Crippen molar-refractivity contribution in [3.63, 3.8) is 0 Å². The fourth-order valence-corrected chi connectivity index (χ4v) is 3.39. The highest BCUT2D eigenvalue weighted by Gasteiger charge is 2.17. The van der Waals surface area contributed by atoms with Crippen molar-refractivity contribution < 1.29 is 24.1 Å². The van der Waals surface area contributed by atoms with Crippen LogP contribution in [0.25, 0.3) is 0 Å². The molecule has 26 heavy (non-hydrogen) atoms. The van der Waals surface area contributed by atoms with E-state index in [4.69, 9.17) is 19.3 Å². The molecule has 0 bridgehead atoms. The molecule has 0 radical (unpaired) electrons. The van der Waals surface area contributed by atoms with Gasteiger partial charge in [-0.25, -0.2) is 0 Å². The highest BCUT2D eigenvalue weighted by Crippen LogP contribution is 2.19. The summed E-state index contributed by atoms with van der Waals surface area (Å²) in [5, 5.41) is 8.61. The Morgan fingerprint density at radius 3 is 1.77 bits per heavy atom. The molecule has 0 aliphatic carbocycles. The van der Waals surface area contributed by atoms with E-state index in [0.29, 0.717) is 12.5 Å². The molecule has 0 heterocycles. The van der Waals surface area contributed by atoms with Crippen LogP contribution in [0.2, 0.25) is 0 Å². The third-order valence-electron chi connectivity index (χ3n) is 5.11. The van der Waals surface area contributed by atoms with Gasteiger partial charge in [-0.05, 0) is 38.5 Å². The molecule has 156 valence electrons. The standard InChI is InChI=1S/C21H42O5/c1-5-12-19(25-3)17-20(26-4)16-15-18(24-2)13-10-8-6-7-9-11-14-21(22)23/h18-20H,5-17H2,1-4H3,(H,22,23). The number of carboxylic acid groups (broad SMARTS) is 1. The summed E-state index contributed by atoms with van der Waals surface area (Å²) in [6.07, 6.45) is 13.9. The molecule has 0 aliphatic heterocycles. The van der Waals surface area contributed by atoms with E-state index in [1.807, 2.05) is 0 Å². The Balaban J connectivity index is 3.83. The van der Waals surface area contributed by atoms with Crippen molar-refractivity contribution in [1.82, 2.24) is 0 Å². The first kappa shape index (κ1) is 25.4. The summed E-state index contributed by atoms with van der Waals surface area (Å²) in [5.41, 5.74) is 0. The molecule has 0 saturated carbocycles. The van der Waals surface area contributed by atoms with Gasteiger partial charge in [0.2, 0.25) is 0 Å². The molecule has 5 nitrogen and oxygen atoms in total. The third-order valence-corrected chi connectivity index (χ3v) is 5.11. The Labute approximate surface area is 160 Å². The molecule has 0 aromatic rings. The molecular weight excluding hydrogens is 332 g/mol. The predicted octanol–water partition coefficient (Wildman–Crippen LogP) is 5.21. The van der Waals surface area contributed by atoms with Gasteiger partial charge in [0, 0.05) is 27.8 Å². The van der Waals surface area contributed by atoms with E-state index in [0.717, 1.165) is 57.8 Å². The van der Waals surface area contributed by atoms with Gasteiger partial charge in [-0.3, -0.25) is 4.79 Å². The quantitative estimate of drug-likeness (QED) is 0.315. The fraction of sp³-hybridized carbons (Fsp3) is 0.952. The first-order valence-corrected chi connectivity index (χ1v) is 10.4. The maximum absolute atomic E-state index is 10.5. The van der Waals surface area contributed by atoms with Gasteiger partial charge in [0.25, 0.3) is 0 Å². The average Bonchev–Trinajstić information content (AvgIpc) is 2.63. The molecule has 0 aromatic heterocycles. The van der Waals surface area contributed by atoms with Crippen LogP contribution in [-0.2, 0) is 19.0 Å². The Morgan fingerprint density at radius 2 is 1.23 bits per heavy atom. The van der Waals surface area contributed by atoms with Crippen LogP contribution in [0, 0.1) is 0 Å². The minimum absolute atomic E-state index is 0.235. The van der Waals surface area contributed by atoms with Crippen LogP contribution >= 0.6 is 0 Å². The number of rotatable bonds is 19. The highest BCUT2D eigenvalue weighted by atomic mass is 16.5. The highest BCUT2D eigenvalue weighted by molar-refractivity contribution is 5.66. The zero-order valence-corrected chi connectivity index (χ0v) is 17.5. The number of ether oxygens (including phenoxy) is 3. The lowest BCUT2D eigenvalue weighted by Gasteiger charge is -2.23. The maximum Gasteiger partial charge on any atom is 0.303 e. The smallest absolute Gasteiger partial charge is 0.303 e. The predicted molar refractivity (Wildman–Crippen MR) is 106 cm³/mol. The van der Waals surface area contributed by atoms with Gasteiger partial charge in [-0.2, -0.15) is 0 Å². The van der Waals surface area contributed by atoms with Crippen LogP contribution in [0.15, 0.2) is 0 Å². The van der Waals surface area contributed by atoms with Gasteiger partial charge in [0.05, 0.1) is 18.3 Å². The molecule has 3 unspecified atom stereocenters. The van der Waals surface area contributed by atoms with Crippen molar-refractivity contribution in [3.8, 4) is 0 Å². The lowest BCUT2D eigenvalue weighted by molar-refractivity contribution is -0.137. The fourth-order valence-electron chi connectivity index (χ4n) is 3.39. The summed E-state index contributed by atoms with van der Waals surface area (Å²) in [7, 11) is 5.37. The zero-order valence-electron chi connectivity index (χ0n) is 17.5.